The maximum Gasteiger partial charge on any atom is 0.101 e. The molecule has 8 saturated carbocycles. The zero-order valence-corrected chi connectivity index (χ0v) is 19.3. The third-order valence-corrected chi connectivity index (χ3v) is 11.4. The van der Waals surface area contributed by atoms with Crippen LogP contribution in [0.1, 0.15) is 88.2 Å². The van der Waals surface area contributed by atoms with Crippen LogP contribution >= 0.6 is 11.6 Å². The van der Waals surface area contributed by atoms with E-state index in [0.717, 1.165) is 40.5 Å². The number of aryl methyl sites for hydroxylation is 1. The van der Waals surface area contributed by atoms with Crippen molar-refractivity contribution in [3.63, 3.8) is 0 Å². The van der Waals surface area contributed by atoms with Gasteiger partial charge in [0.2, 0.25) is 0 Å². The summed E-state index contributed by atoms with van der Waals surface area (Å²) >= 11 is 6.63. The lowest BCUT2D eigenvalue weighted by Gasteiger charge is -2.71. The molecule has 9 rings (SSSR count). The van der Waals surface area contributed by atoms with Gasteiger partial charge in [-0.15, -0.1) is 0 Å². The Labute approximate surface area is 187 Å². The predicted octanol–water partition coefficient (Wildman–Crippen LogP) is 7.27. The summed E-state index contributed by atoms with van der Waals surface area (Å²) in [6.07, 6.45) is 16.2. The molecule has 1 N–H and O–H groups in total. The van der Waals surface area contributed by atoms with Crippen molar-refractivity contribution in [1.82, 2.24) is 0 Å². The minimum atomic E-state index is -0.693. The molecule has 162 valence electrons. The molecule has 0 aliphatic heterocycles. The normalized spacial score (nSPS) is 50.1. The maximum atomic E-state index is 13.5. The fraction of sp³-hybridized carbons (Fsp3) is 0.786. The zero-order valence-electron chi connectivity index (χ0n) is 18.5. The molecule has 8 aliphatic rings. The number of aliphatic hydroxyl groups is 1. The highest BCUT2D eigenvalue weighted by molar-refractivity contribution is 6.30. The van der Waals surface area contributed by atoms with Gasteiger partial charge in [-0.1, -0.05) is 17.7 Å². The standard InChI is InChI=1S/C28H37ClO/c1-17-2-3-24(29)10-25(17)28(30,26-11-18-4-19(12-26)6-20(5-18)13-26)27-14-21-7-22(15-27)9-23(8-21)16-27/h2-3,10,18-23,30H,4-9,11-16H2,1H3. The average Bonchev–Trinajstić information content (AvgIpc) is 2.67. The lowest BCUT2D eigenvalue weighted by atomic mass is 9.35. The van der Waals surface area contributed by atoms with Crippen molar-refractivity contribution in [3.8, 4) is 0 Å². The quantitative estimate of drug-likeness (QED) is 0.540. The Kier molecular flexibility index (Phi) is 3.84. The van der Waals surface area contributed by atoms with Crippen LogP contribution in [0.3, 0.4) is 0 Å². The first-order chi connectivity index (χ1) is 14.4. The van der Waals surface area contributed by atoms with E-state index in [1.54, 1.807) is 0 Å². The van der Waals surface area contributed by atoms with Gasteiger partial charge >= 0.3 is 0 Å². The molecule has 0 aromatic heterocycles. The van der Waals surface area contributed by atoms with Crippen LogP contribution in [0.5, 0.6) is 0 Å². The van der Waals surface area contributed by atoms with Gasteiger partial charge in [0.15, 0.2) is 0 Å². The summed E-state index contributed by atoms with van der Waals surface area (Å²) in [5.41, 5.74) is 1.97. The molecule has 0 unspecified atom stereocenters. The van der Waals surface area contributed by atoms with E-state index in [0.29, 0.717) is 0 Å². The summed E-state index contributed by atoms with van der Waals surface area (Å²) < 4.78 is 0. The van der Waals surface area contributed by atoms with Gasteiger partial charge in [-0.2, -0.15) is 0 Å². The summed E-state index contributed by atoms with van der Waals surface area (Å²) in [7, 11) is 0. The second-order valence-electron chi connectivity index (χ2n) is 13.1. The molecule has 2 heteroatoms. The molecule has 0 radical (unpaired) electrons. The second kappa shape index (κ2) is 6.07. The highest BCUT2D eigenvalue weighted by Crippen LogP contribution is 2.75. The predicted molar refractivity (Wildman–Crippen MR) is 121 cm³/mol. The largest absolute Gasteiger partial charge is 0.384 e. The number of benzene rings is 1. The van der Waals surface area contributed by atoms with E-state index in [-0.39, 0.29) is 10.8 Å². The Morgan fingerprint density at radius 3 is 1.47 bits per heavy atom. The van der Waals surface area contributed by atoms with Crippen molar-refractivity contribution in [2.75, 3.05) is 0 Å². The minimum absolute atomic E-state index is 0.0862. The number of rotatable bonds is 3. The van der Waals surface area contributed by atoms with Gasteiger partial charge in [-0.25, -0.2) is 0 Å². The molecule has 8 aliphatic carbocycles. The van der Waals surface area contributed by atoms with Gasteiger partial charge in [-0.05, 0) is 143 Å². The van der Waals surface area contributed by atoms with Crippen molar-refractivity contribution < 1.29 is 5.11 Å². The molecule has 0 saturated heterocycles. The van der Waals surface area contributed by atoms with Crippen LogP contribution < -0.4 is 0 Å². The maximum absolute atomic E-state index is 13.5. The highest BCUT2D eigenvalue weighted by Gasteiger charge is 2.70. The Morgan fingerprint density at radius 2 is 1.10 bits per heavy atom. The van der Waals surface area contributed by atoms with Gasteiger partial charge in [0, 0.05) is 15.9 Å². The summed E-state index contributed by atoms with van der Waals surface area (Å²) in [5.74, 6) is 5.15. The molecule has 1 aromatic carbocycles. The minimum Gasteiger partial charge on any atom is -0.384 e. The lowest BCUT2D eigenvalue weighted by Crippen LogP contribution is -2.67. The van der Waals surface area contributed by atoms with Crippen molar-refractivity contribution in [3.05, 3.63) is 34.3 Å². The Hall–Kier alpha value is -0.530. The first-order valence-electron chi connectivity index (χ1n) is 12.9. The Morgan fingerprint density at radius 1 is 0.733 bits per heavy atom. The molecule has 1 aromatic rings. The molecular formula is C28H37ClO. The van der Waals surface area contributed by atoms with Crippen LogP contribution in [-0.2, 0) is 5.60 Å². The first-order valence-corrected chi connectivity index (χ1v) is 13.2. The molecule has 8 fully saturated rings. The van der Waals surface area contributed by atoms with Gasteiger partial charge < -0.3 is 5.11 Å². The summed E-state index contributed by atoms with van der Waals surface area (Å²) in [5, 5.41) is 14.3. The van der Waals surface area contributed by atoms with Crippen molar-refractivity contribution in [1.29, 1.82) is 0 Å². The molecule has 8 bridgehead atoms. The lowest BCUT2D eigenvalue weighted by molar-refractivity contribution is -0.277. The zero-order chi connectivity index (χ0) is 20.3. The molecule has 0 atom stereocenters. The molecule has 0 amide bonds. The van der Waals surface area contributed by atoms with E-state index in [1.807, 2.05) is 6.07 Å². The first kappa shape index (κ1) is 19.0. The molecule has 0 spiro atoms. The summed E-state index contributed by atoms with van der Waals surface area (Å²) in [4.78, 5) is 0. The van der Waals surface area contributed by atoms with E-state index in [2.05, 4.69) is 19.1 Å². The van der Waals surface area contributed by atoms with Crippen molar-refractivity contribution in [2.24, 2.45) is 46.3 Å². The van der Waals surface area contributed by atoms with Crippen LogP contribution in [0, 0.1) is 53.3 Å². The van der Waals surface area contributed by atoms with Gasteiger partial charge in [0.05, 0.1) is 0 Å². The molecule has 0 heterocycles. The Bertz CT molecular complexity index is 770. The van der Waals surface area contributed by atoms with Crippen LogP contribution in [0.4, 0.5) is 0 Å². The summed E-state index contributed by atoms with van der Waals surface area (Å²) in [6.45, 7) is 2.23. The molecule has 1 nitrogen and oxygen atoms in total. The number of hydrogen-bond donors (Lipinski definition) is 1. The van der Waals surface area contributed by atoms with E-state index >= 15 is 0 Å². The van der Waals surface area contributed by atoms with Gasteiger partial charge in [0.1, 0.15) is 5.60 Å². The average molecular weight is 425 g/mol. The topological polar surface area (TPSA) is 20.2 Å². The van der Waals surface area contributed by atoms with Crippen molar-refractivity contribution in [2.45, 2.75) is 89.6 Å². The fourth-order valence-electron chi connectivity index (χ4n) is 11.2. The highest BCUT2D eigenvalue weighted by atomic mass is 35.5. The Balaban J connectivity index is 1.45. The van der Waals surface area contributed by atoms with Crippen LogP contribution in [0.25, 0.3) is 0 Å². The van der Waals surface area contributed by atoms with E-state index in [4.69, 9.17) is 11.6 Å². The molecule has 30 heavy (non-hydrogen) atoms. The van der Waals surface area contributed by atoms with Crippen LogP contribution in [0.15, 0.2) is 18.2 Å². The third-order valence-electron chi connectivity index (χ3n) is 11.2. The van der Waals surface area contributed by atoms with Gasteiger partial charge in [0.25, 0.3) is 0 Å². The fourth-order valence-corrected chi connectivity index (χ4v) is 11.4. The SMILES string of the molecule is Cc1ccc(Cl)cc1C(O)(C12CC3CC(CC(C3)C1)C2)C12CC3CC(CC(C3)C1)C2. The smallest absolute Gasteiger partial charge is 0.101 e. The number of hydrogen-bond acceptors (Lipinski definition) is 1. The summed E-state index contributed by atoms with van der Waals surface area (Å²) in [6, 6.07) is 6.40. The van der Waals surface area contributed by atoms with E-state index < -0.39 is 5.60 Å². The van der Waals surface area contributed by atoms with Crippen molar-refractivity contribution >= 4 is 11.6 Å². The van der Waals surface area contributed by atoms with Crippen LogP contribution in [0.2, 0.25) is 5.02 Å². The van der Waals surface area contributed by atoms with Gasteiger partial charge in [-0.3, -0.25) is 0 Å². The monoisotopic (exact) mass is 424 g/mol. The third kappa shape index (κ3) is 2.35. The molecular weight excluding hydrogens is 388 g/mol. The number of halogens is 1. The van der Waals surface area contributed by atoms with E-state index in [1.165, 1.54) is 88.2 Å². The van der Waals surface area contributed by atoms with Crippen LogP contribution in [-0.4, -0.2) is 5.11 Å². The second-order valence-corrected chi connectivity index (χ2v) is 13.5. The van der Waals surface area contributed by atoms with E-state index in [9.17, 15) is 5.11 Å².